The van der Waals surface area contributed by atoms with Crippen molar-refractivity contribution >= 4 is 40.7 Å². The number of aliphatic imine (C=N–C) groups is 1. The van der Waals surface area contributed by atoms with Gasteiger partial charge in [0, 0.05) is 48.4 Å². The SMILES string of the molecule is CC.CCC(=O)O.CCOC(=O)C1=C(CN2CCOCC2)NC(c2nccs2)=NC1.Clc1ccccc1. The number of aromatic nitrogens is 1. The number of thiazole rings is 1. The van der Waals surface area contributed by atoms with Gasteiger partial charge < -0.3 is 19.9 Å². The number of nitrogens with one attached hydrogen (secondary N) is 1. The molecule has 2 N–H and O–H groups in total. The normalized spacial score (nSPS) is 14.8. The van der Waals surface area contributed by atoms with Gasteiger partial charge in [-0.3, -0.25) is 14.7 Å². The zero-order valence-electron chi connectivity index (χ0n) is 21.9. The average molecular weight is 553 g/mol. The highest BCUT2D eigenvalue weighted by Crippen LogP contribution is 2.16. The molecule has 9 nitrogen and oxygen atoms in total. The highest BCUT2D eigenvalue weighted by Gasteiger charge is 2.25. The summed E-state index contributed by atoms with van der Waals surface area (Å²) in [4.78, 5) is 32.6. The first-order valence-corrected chi connectivity index (χ1v) is 13.5. The Morgan fingerprint density at radius 3 is 2.32 bits per heavy atom. The van der Waals surface area contributed by atoms with E-state index >= 15 is 0 Å². The molecule has 0 radical (unpaired) electrons. The number of ether oxygens (including phenoxy) is 2. The number of hydrogen-bond acceptors (Lipinski definition) is 9. The van der Waals surface area contributed by atoms with E-state index in [-0.39, 0.29) is 12.4 Å². The number of carboxylic acid groups (broad SMARTS) is 1. The molecule has 2 aliphatic rings. The van der Waals surface area contributed by atoms with Crippen molar-refractivity contribution < 1.29 is 24.2 Å². The van der Waals surface area contributed by atoms with Gasteiger partial charge in [0.1, 0.15) is 0 Å². The monoisotopic (exact) mass is 552 g/mol. The van der Waals surface area contributed by atoms with Gasteiger partial charge in [0.05, 0.1) is 31.9 Å². The Morgan fingerprint density at radius 1 is 1.19 bits per heavy atom. The topological polar surface area (TPSA) is 113 Å². The fourth-order valence-corrected chi connectivity index (χ4v) is 3.66. The van der Waals surface area contributed by atoms with Gasteiger partial charge in [0.2, 0.25) is 0 Å². The van der Waals surface area contributed by atoms with E-state index in [9.17, 15) is 9.59 Å². The van der Waals surface area contributed by atoms with Crippen LogP contribution in [0.15, 0.2) is 58.2 Å². The molecule has 3 heterocycles. The molecule has 0 amide bonds. The highest BCUT2D eigenvalue weighted by atomic mass is 35.5. The minimum absolute atomic E-state index is 0.222. The molecule has 1 fully saturated rings. The van der Waals surface area contributed by atoms with Gasteiger partial charge >= 0.3 is 11.9 Å². The average Bonchev–Trinajstić information content (AvgIpc) is 3.47. The molecule has 0 unspecified atom stereocenters. The Morgan fingerprint density at radius 2 is 1.84 bits per heavy atom. The molecule has 0 bridgehead atoms. The summed E-state index contributed by atoms with van der Waals surface area (Å²) in [6, 6.07) is 9.44. The fraction of sp³-hybridized carbons (Fsp3) is 0.462. The molecular weight excluding hydrogens is 516 g/mol. The molecule has 0 saturated carbocycles. The number of carbonyl (C=O) groups is 2. The second-order valence-corrected chi connectivity index (χ2v) is 8.57. The van der Waals surface area contributed by atoms with Crippen molar-refractivity contribution in [3.8, 4) is 0 Å². The van der Waals surface area contributed by atoms with Gasteiger partial charge in [-0.15, -0.1) is 11.3 Å². The van der Waals surface area contributed by atoms with Crippen LogP contribution in [0.3, 0.4) is 0 Å². The summed E-state index contributed by atoms with van der Waals surface area (Å²) in [7, 11) is 0. The van der Waals surface area contributed by atoms with E-state index in [4.69, 9.17) is 26.2 Å². The Hall–Kier alpha value is -2.79. The smallest absolute Gasteiger partial charge is 0.337 e. The largest absolute Gasteiger partial charge is 0.481 e. The number of carboxylic acids is 1. The van der Waals surface area contributed by atoms with Crippen LogP contribution < -0.4 is 5.32 Å². The van der Waals surface area contributed by atoms with Crippen LogP contribution in [0.4, 0.5) is 0 Å². The first kappa shape index (κ1) is 32.2. The number of amidine groups is 1. The minimum Gasteiger partial charge on any atom is -0.481 e. The van der Waals surface area contributed by atoms with E-state index in [0.29, 0.717) is 25.3 Å². The van der Waals surface area contributed by atoms with Gasteiger partial charge in [-0.2, -0.15) is 0 Å². The first-order chi connectivity index (χ1) is 17.9. The van der Waals surface area contributed by atoms with Gasteiger partial charge in [0.25, 0.3) is 0 Å². The lowest BCUT2D eigenvalue weighted by Gasteiger charge is -2.30. The lowest BCUT2D eigenvalue weighted by atomic mass is 10.1. The van der Waals surface area contributed by atoms with Gasteiger partial charge in [-0.05, 0) is 19.1 Å². The van der Waals surface area contributed by atoms with Gasteiger partial charge in [-0.25, -0.2) is 9.78 Å². The molecule has 0 atom stereocenters. The van der Waals surface area contributed by atoms with Crippen molar-refractivity contribution in [2.75, 3.05) is 46.0 Å². The number of hydrogen-bond donors (Lipinski definition) is 2. The van der Waals surface area contributed by atoms with Gasteiger partial charge in [-0.1, -0.05) is 50.6 Å². The van der Waals surface area contributed by atoms with E-state index in [1.54, 1.807) is 20.0 Å². The first-order valence-electron chi connectivity index (χ1n) is 12.3. The molecule has 37 heavy (non-hydrogen) atoms. The Labute approximate surface area is 228 Å². The van der Waals surface area contributed by atoms with Crippen molar-refractivity contribution in [3.63, 3.8) is 0 Å². The van der Waals surface area contributed by atoms with Gasteiger partial charge in [0.15, 0.2) is 10.8 Å². The predicted molar refractivity (Wildman–Crippen MR) is 148 cm³/mol. The zero-order valence-corrected chi connectivity index (χ0v) is 23.5. The van der Waals surface area contributed by atoms with Crippen LogP contribution in [-0.2, 0) is 19.1 Å². The number of halogens is 1. The Balaban J connectivity index is 0.000000402. The molecule has 0 aliphatic carbocycles. The number of nitrogens with zero attached hydrogens (tertiary/aromatic N) is 3. The van der Waals surface area contributed by atoms with Crippen LogP contribution in [-0.4, -0.2) is 78.8 Å². The number of aliphatic carboxylic acids is 1. The lowest BCUT2D eigenvalue weighted by molar-refractivity contribution is -0.139. The van der Waals surface area contributed by atoms with E-state index in [0.717, 1.165) is 47.9 Å². The maximum absolute atomic E-state index is 12.2. The summed E-state index contributed by atoms with van der Waals surface area (Å²) >= 11 is 7.06. The number of benzene rings is 1. The molecular formula is C26H37ClN4O5S. The molecule has 1 saturated heterocycles. The van der Waals surface area contributed by atoms with Crippen LogP contribution >= 0.6 is 22.9 Å². The zero-order chi connectivity index (χ0) is 27.5. The Bertz CT molecular complexity index is 978. The number of esters is 1. The second kappa shape index (κ2) is 19.3. The third-order valence-corrected chi connectivity index (χ3v) is 5.74. The molecule has 1 aromatic heterocycles. The number of rotatable bonds is 6. The van der Waals surface area contributed by atoms with Crippen LogP contribution in [0.25, 0.3) is 0 Å². The minimum atomic E-state index is -0.745. The second-order valence-electron chi connectivity index (χ2n) is 7.24. The third-order valence-electron chi connectivity index (χ3n) is 4.71. The molecule has 4 rings (SSSR count). The molecule has 1 aromatic carbocycles. The summed E-state index contributed by atoms with van der Waals surface area (Å²) in [5, 5.41) is 14.5. The summed E-state index contributed by atoms with van der Waals surface area (Å²) < 4.78 is 10.5. The maximum Gasteiger partial charge on any atom is 0.337 e. The molecule has 2 aromatic rings. The molecule has 0 spiro atoms. The Kier molecular flexibility index (Phi) is 16.9. The molecule has 2 aliphatic heterocycles. The highest BCUT2D eigenvalue weighted by molar-refractivity contribution is 7.11. The van der Waals surface area contributed by atoms with E-state index in [1.165, 1.54) is 11.3 Å². The predicted octanol–water partition coefficient (Wildman–Crippen LogP) is 4.49. The third kappa shape index (κ3) is 12.8. The van der Waals surface area contributed by atoms with Crippen molar-refractivity contribution in [1.29, 1.82) is 0 Å². The molecule has 11 heteroatoms. The van der Waals surface area contributed by atoms with Crippen LogP contribution in [0.2, 0.25) is 5.02 Å². The van der Waals surface area contributed by atoms with Crippen LogP contribution in [0, 0.1) is 0 Å². The van der Waals surface area contributed by atoms with Crippen molar-refractivity contribution in [1.82, 2.24) is 15.2 Å². The number of morpholine rings is 1. The quantitative estimate of drug-likeness (QED) is 0.504. The molecule has 204 valence electrons. The standard InChI is InChI=1S/C15H20N4O3S.C6H5Cl.C3H6O2.C2H6/c1-2-22-15(20)11-9-17-13(14-16-3-8-23-14)18-12(11)10-19-4-6-21-7-5-19;7-6-4-2-1-3-5-6;1-2-3(4)5;1-2/h3,8H,2,4-7,9-10H2,1H3,(H,17,18);1-5H;2H2,1H3,(H,4,5);1-2H3. The summed E-state index contributed by atoms with van der Waals surface area (Å²) in [5.74, 6) is -0.327. The van der Waals surface area contributed by atoms with E-state index in [1.807, 2.05) is 49.6 Å². The van der Waals surface area contributed by atoms with Crippen molar-refractivity contribution in [2.45, 2.75) is 34.1 Å². The summed E-state index contributed by atoms with van der Waals surface area (Å²) in [6.45, 7) is 11.9. The maximum atomic E-state index is 12.2. The number of carbonyl (C=O) groups excluding carboxylic acids is 1. The van der Waals surface area contributed by atoms with Crippen LogP contribution in [0.1, 0.15) is 39.1 Å². The van der Waals surface area contributed by atoms with E-state index < -0.39 is 5.97 Å². The fourth-order valence-electron chi connectivity index (χ4n) is 2.91. The lowest BCUT2D eigenvalue weighted by Crippen LogP contribution is -2.43. The van der Waals surface area contributed by atoms with Crippen LogP contribution in [0.5, 0.6) is 0 Å². The van der Waals surface area contributed by atoms with E-state index in [2.05, 4.69) is 20.2 Å². The van der Waals surface area contributed by atoms with Crippen molar-refractivity contribution in [2.24, 2.45) is 4.99 Å². The summed E-state index contributed by atoms with van der Waals surface area (Å²) in [5.41, 5.74) is 1.45. The van der Waals surface area contributed by atoms with Crippen molar-refractivity contribution in [3.05, 3.63) is 63.2 Å². The summed E-state index contributed by atoms with van der Waals surface area (Å²) in [6.07, 6.45) is 1.97.